The summed E-state index contributed by atoms with van der Waals surface area (Å²) in [6, 6.07) is 14.6. The van der Waals surface area contributed by atoms with Crippen LogP contribution in [0.4, 0.5) is 18.9 Å². The van der Waals surface area contributed by atoms with E-state index in [-0.39, 0.29) is 25.3 Å². The van der Waals surface area contributed by atoms with Gasteiger partial charge in [0.2, 0.25) is 15.9 Å². The second kappa shape index (κ2) is 11.0. The molecule has 2 N–H and O–H groups in total. The van der Waals surface area contributed by atoms with Crippen molar-refractivity contribution in [3.63, 3.8) is 0 Å². The van der Waals surface area contributed by atoms with Gasteiger partial charge in [0, 0.05) is 35.4 Å². The van der Waals surface area contributed by atoms with E-state index in [4.69, 9.17) is 9.94 Å². The predicted octanol–water partition coefficient (Wildman–Crippen LogP) is 3.32. The molecule has 2 amide bonds. The van der Waals surface area contributed by atoms with Gasteiger partial charge in [-0.25, -0.2) is 13.9 Å². The Labute approximate surface area is 228 Å². The maximum atomic E-state index is 13.8. The number of anilines is 1. The normalized spacial score (nSPS) is 18.1. The van der Waals surface area contributed by atoms with Crippen molar-refractivity contribution in [1.29, 1.82) is 0 Å². The van der Waals surface area contributed by atoms with E-state index in [1.807, 2.05) is 37.3 Å². The number of carbonyl (C=O) groups is 2. The van der Waals surface area contributed by atoms with Gasteiger partial charge in [-0.15, -0.1) is 0 Å². The summed E-state index contributed by atoms with van der Waals surface area (Å²) in [5.74, 6) is -3.05. The SMILES string of the molecule is Cc1cc(COc2ccc(N(C(=O)C(F)(F)F)C3(CC(=O)NO)CCN(S(C)(=O)=O)C3)cc2)c2ccccc2n1. The van der Waals surface area contributed by atoms with E-state index in [0.717, 1.165) is 32.7 Å². The Morgan fingerprint density at radius 3 is 2.45 bits per heavy atom. The highest BCUT2D eigenvalue weighted by Gasteiger charge is 2.55. The fraction of sp³-hybridized carbons (Fsp3) is 0.346. The van der Waals surface area contributed by atoms with Crippen molar-refractivity contribution in [2.24, 2.45) is 0 Å². The number of hydroxylamine groups is 1. The van der Waals surface area contributed by atoms with E-state index in [1.165, 1.54) is 29.7 Å². The first kappa shape index (κ1) is 29.2. The number of aromatic nitrogens is 1. The van der Waals surface area contributed by atoms with Crippen molar-refractivity contribution in [1.82, 2.24) is 14.8 Å². The van der Waals surface area contributed by atoms with Crippen molar-refractivity contribution in [2.45, 2.75) is 38.1 Å². The summed E-state index contributed by atoms with van der Waals surface area (Å²) in [6.07, 6.45) is -5.51. The van der Waals surface area contributed by atoms with E-state index in [1.54, 1.807) is 0 Å². The molecule has 214 valence electrons. The molecule has 0 radical (unpaired) electrons. The molecular weight excluding hydrogens is 553 g/mol. The maximum Gasteiger partial charge on any atom is 0.471 e. The van der Waals surface area contributed by atoms with Crippen LogP contribution in [0.15, 0.2) is 54.6 Å². The third-order valence-corrected chi connectivity index (χ3v) is 7.97. The molecule has 14 heteroatoms. The highest BCUT2D eigenvalue weighted by molar-refractivity contribution is 7.88. The Hall–Kier alpha value is -3.75. The molecule has 1 aromatic heterocycles. The maximum absolute atomic E-state index is 13.8. The summed E-state index contributed by atoms with van der Waals surface area (Å²) >= 11 is 0. The number of benzene rings is 2. The number of hydrogen-bond acceptors (Lipinski definition) is 7. The summed E-state index contributed by atoms with van der Waals surface area (Å²) < 4.78 is 72.5. The van der Waals surface area contributed by atoms with Crippen LogP contribution >= 0.6 is 0 Å². The lowest BCUT2D eigenvalue weighted by Crippen LogP contribution is -2.59. The minimum Gasteiger partial charge on any atom is -0.489 e. The Morgan fingerprint density at radius 1 is 1.18 bits per heavy atom. The number of alkyl halides is 3. The summed E-state index contributed by atoms with van der Waals surface area (Å²) in [5, 5.41) is 9.96. The van der Waals surface area contributed by atoms with Crippen molar-refractivity contribution in [2.75, 3.05) is 24.2 Å². The van der Waals surface area contributed by atoms with Crippen LogP contribution < -0.4 is 15.1 Å². The van der Waals surface area contributed by atoms with Crippen LogP contribution in [0.3, 0.4) is 0 Å². The highest BCUT2D eigenvalue weighted by atomic mass is 32.2. The molecule has 1 saturated heterocycles. The molecule has 1 atom stereocenters. The third kappa shape index (κ3) is 6.18. The Bertz CT molecular complexity index is 1530. The van der Waals surface area contributed by atoms with Crippen molar-refractivity contribution < 1.29 is 41.1 Å². The number of para-hydroxylation sites is 1. The molecule has 0 bridgehead atoms. The molecule has 3 aromatic rings. The highest BCUT2D eigenvalue weighted by Crippen LogP contribution is 2.39. The van der Waals surface area contributed by atoms with Crippen LogP contribution in [-0.2, 0) is 26.2 Å². The zero-order valence-electron chi connectivity index (χ0n) is 21.6. The topological polar surface area (TPSA) is 129 Å². The van der Waals surface area contributed by atoms with Crippen molar-refractivity contribution in [3.8, 4) is 5.75 Å². The molecule has 10 nitrogen and oxygen atoms in total. The molecule has 4 rings (SSSR count). The van der Waals surface area contributed by atoms with E-state index >= 15 is 0 Å². The van der Waals surface area contributed by atoms with Crippen molar-refractivity contribution >= 4 is 38.4 Å². The zero-order valence-corrected chi connectivity index (χ0v) is 22.4. The number of carbonyl (C=O) groups excluding carboxylic acids is 2. The average molecular weight is 581 g/mol. The van der Waals surface area contributed by atoms with Crippen LogP contribution in [0.25, 0.3) is 10.9 Å². The smallest absolute Gasteiger partial charge is 0.471 e. The molecule has 1 aliphatic heterocycles. The molecule has 1 aliphatic rings. The summed E-state index contributed by atoms with van der Waals surface area (Å²) in [6.45, 7) is 1.18. The minimum absolute atomic E-state index is 0.137. The molecule has 1 unspecified atom stereocenters. The van der Waals surface area contributed by atoms with Crippen LogP contribution in [0.2, 0.25) is 0 Å². The second-order valence-electron chi connectivity index (χ2n) is 9.64. The third-order valence-electron chi connectivity index (χ3n) is 6.72. The molecule has 0 spiro atoms. The minimum atomic E-state index is -5.34. The number of amides is 2. The van der Waals surface area contributed by atoms with Crippen LogP contribution in [-0.4, -0.2) is 65.8 Å². The molecule has 2 heterocycles. The molecule has 40 heavy (non-hydrogen) atoms. The number of nitrogens with zero attached hydrogens (tertiary/aromatic N) is 3. The second-order valence-corrected chi connectivity index (χ2v) is 11.6. The molecule has 0 aliphatic carbocycles. The van der Waals surface area contributed by atoms with Crippen molar-refractivity contribution in [3.05, 3.63) is 65.9 Å². The first-order valence-corrected chi connectivity index (χ1v) is 14.0. The fourth-order valence-corrected chi connectivity index (χ4v) is 5.84. The van der Waals surface area contributed by atoms with Crippen LogP contribution in [0.5, 0.6) is 5.75 Å². The number of rotatable bonds is 8. The van der Waals surface area contributed by atoms with Gasteiger partial charge < -0.3 is 4.74 Å². The number of sulfonamides is 1. The van der Waals surface area contributed by atoms with Gasteiger partial charge >= 0.3 is 12.1 Å². The summed E-state index contributed by atoms with van der Waals surface area (Å²) in [5.41, 5.74) is 1.64. The standard InChI is InChI=1S/C26H27F3N4O6S/c1-17-13-18(21-5-3-4-6-22(21)30-17)15-39-20-9-7-19(8-10-20)33(24(35)26(27,28)29)25(14-23(34)31-36)11-12-32(16-25)40(2,37)38/h3-10,13,36H,11-12,14-16H2,1-2H3,(H,31,34). The Kier molecular flexibility index (Phi) is 8.06. The Balaban J connectivity index is 1.67. The monoisotopic (exact) mass is 580 g/mol. The first-order valence-electron chi connectivity index (χ1n) is 12.1. The lowest BCUT2D eigenvalue weighted by molar-refractivity contribution is -0.172. The van der Waals surface area contributed by atoms with E-state index in [0.29, 0.717) is 10.6 Å². The number of halogens is 3. The fourth-order valence-electron chi connectivity index (χ4n) is 4.95. The summed E-state index contributed by atoms with van der Waals surface area (Å²) in [4.78, 5) is 29.8. The number of fused-ring (bicyclic) bond motifs is 1. The van der Waals surface area contributed by atoms with Gasteiger partial charge in [0.05, 0.1) is 23.7 Å². The van der Waals surface area contributed by atoms with Gasteiger partial charge in [-0.05, 0) is 49.7 Å². The lowest BCUT2D eigenvalue weighted by atomic mass is 9.90. The largest absolute Gasteiger partial charge is 0.489 e. The first-order chi connectivity index (χ1) is 18.7. The van der Waals surface area contributed by atoms with E-state index < -0.39 is 46.5 Å². The lowest BCUT2D eigenvalue weighted by Gasteiger charge is -2.41. The number of pyridine rings is 1. The number of aryl methyl sites for hydroxylation is 1. The van der Waals surface area contributed by atoms with Gasteiger partial charge in [-0.3, -0.25) is 24.7 Å². The van der Waals surface area contributed by atoms with E-state index in [2.05, 4.69) is 4.98 Å². The summed E-state index contributed by atoms with van der Waals surface area (Å²) in [7, 11) is -3.86. The van der Waals surface area contributed by atoms with Gasteiger partial charge in [0.15, 0.2) is 0 Å². The number of nitrogens with one attached hydrogen (secondary N) is 1. The zero-order chi connectivity index (χ0) is 29.3. The number of ether oxygens (including phenoxy) is 1. The average Bonchev–Trinajstić information content (AvgIpc) is 3.32. The predicted molar refractivity (Wildman–Crippen MR) is 139 cm³/mol. The quantitative estimate of drug-likeness (QED) is 0.309. The Morgan fingerprint density at radius 2 is 1.85 bits per heavy atom. The number of hydrogen-bond donors (Lipinski definition) is 2. The van der Waals surface area contributed by atoms with Gasteiger partial charge in [0.25, 0.3) is 0 Å². The van der Waals surface area contributed by atoms with Crippen LogP contribution in [0, 0.1) is 6.92 Å². The van der Waals surface area contributed by atoms with Gasteiger partial charge in [-0.2, -0.15) is 17.5 Å². The van der Waals surface area contributed by atoms with Gasteiger partial charge in [0.1, 0.15) is 12.4 Å². The van der Waals surface area contributed by atoms with E-state index in [9.17, 15) is 31.2 Å². The molecule has 2 aromatic carbocycles. The molecule has 1 fully saturated rings. The van der Waals surface area contributed by atoms with Crippen LogP contribution in [0.1, 0.15) is 24.1 Å². The molecule has 0 saturated carbocycles. The van der Waals surface area contributed by atoms with Gasteiger partial charge in [-0.1, -0.05) is 18.2 Å². The molecular formula is C26H27F3N4O6S.